The van der Waals surface area contributed by atoms with E-state index >= 15 is 0 Å². The van der Waals surface area contributed by atoms with Gasteiger partial charge in [-0.25, -0.2) is 12.7 Å². The SMILES string of the molecule is O=C1c2cc(I)ccc2S(=O)(=O)N1CC1CC2CCC1C2. The molecule has 1 amide bonds. The second-order valence-electron chi connectivity index (χ2n) is 6.42. The predicted molar refractivity (Wildman–Crippen MR) is 86.3 cm³/mol. The van der Waals surface area contributed by atoms with Crippen molar-refractivity contribution in [3.8, 4) is 0 Å². The maximum atomic E-state index is 12.6. The molecule has 1 aliphatic heterocycles. The van der Waals surface area contributed by atoms with Crippen LogP contribution >= 0.6 is 22.6 Å². The van der Waals surface area contributed by atoms with Crippen molar-refractivity contribution in [2.45, 2.75) is 30.6 Å². The minimum Gasteiger partial charge on any atom is -0.268 e. The summed E-state index contributed by atoms with van der Waals surface area (Å²) in [6.07, 6.45) is 4.78. The average Bonchev–Trinajstić information content (AvgIpc) is 3.09. The van der Waals surface area contributed by atoms with Gasteiger partial charge >= 0.3 is 0 Å². The Morgan fingerprint density at radius 3 is 2.71 bits per heavy atom. The zero-order valence-corrected chi connectivity index (χ0v) is 14.4. The molecule has 0 N–H and O–H groups in total. The lowest BCUT2D eigenvalue weighted by Gasteiger charge is -2.26. The molecular weight excluding hydrogens is 401 g/mol. The molecule has 21 heavy (non-hydrogen) atoms. The first-order valence-electron chi connectivity index (χ1n) is 7.33. The number of benzene rings is 1. The number of nitrogens with zero attached hydrogens (tertiary/aromatic N) is 1. The summed E-state index contributed by atoms with van der Waals surface area (Å²) in [7, 11) is -3.64. The molecule has 4 rings (SSSR count). The lowest BCUT2D eigenvalue weighted by atomic mass is 9.89. The fraction of sp³-hybridized carbons (Fsp3) is 0.533. The van der Waals surface area contributed by atoms with Gasteiger partial charge in [-0.05, 0) is 77.8 Å². The maximum Gasteiger partial charge on any atom is 0.269 e. The first-order chi connectivity index (χ1) is 9.96. The van der Waals surface area contributed by atoms with Gasteiger partial charge in [-0.2, -0.15) is 0 Å². The monoisotopic (exact) mass is 417 g/mol. The number of amides is 1. The molecule has 0 saturated heterocycles. The molecule has 3 aliphatic rings. The largest absolute Gasteiger partial charge is 0.269 e. The summed E-state index contributed by atoms with van der Waals surface area (Å²) in [5.41, 5.74) is 0.338. The highest BCUT2D eigenvalue weighted by atomic mass is 127. The zero-order chi connectivity index (χ0) is 14.8. The lowest BCUT2D eigenvalue weighted by Crippen LogP contribution is -2.36. The standard InChI is InChI=1S/C15H16INO3S/c16-12-3-4-14-13(7-12)15(18)17(21(14,19)20)8-11-6-9-1-2-10(11)5-9/h3-4,7,9-11H,1-2,5-6,8H2. The van der Waals surface area contributed by atoms with Crippen LogP contribution in [0.1, 0.15) is 36.0 Å². The van der Waals surface area contributed by atoms with E-state index in [0.717, 1.165) is 20.2 Å². The number of rotatable bonds is 2. The third-order valence-electron chi connectivity index (χ3n) is 5.25. The van der Waals surface area contributed by atoms with E-state index in [0.29, 0.717) is 23.9 Å². The van der Waals surface area contributed by atoms with Crippen molar-refractivity contribution in [1.29, 1.82) is 0 Å². The van der Waals surface area contributed by atoms with E-state index in [4.69, 9.17) is 0 Å². The zero-order valence-electron chi connectivity index (χ0n) is 11.5. The van der Waals surface area contributed by atoms with Crippen molar-refractivity contribution in [3.63, 3.8) is 0 Å². The van der Waals surface area contributed by atoms with Crippen LogP contribution in [0.4, 0.5) is 0 Å². The number of hydrogen-bond acceptors (Lipinski definition) is 3. The molecular formula is C15H16INO3S. The summed E-state index contributed by atoms with van der Waals surface area (Å²) >= 11 is 2.10. The van der Waals surface area contributed by atoms with E-state index < -0.39 is 10.0 Å². The highest BCUT2D eigenvalue weighted by Crippen LogP contribution is 2.49. The molecule has 0 radical (unpaired) electrons. The van der Waals surface area contributed by atoms with Crippen LogP contribution in [-0.4, -0.2) is 25.2 Å². The normalized spacial score (nSPS) is 32.7. The number of halogens is 1. The van der Waals surface area contributed by atoms with Crippen molar-refractivity contribution >= 4 is 38.5 Å². The lowest BCUT2D eigenvalue weighted by molar-refractivity contribution is 0.0845. The third kappa shape index (κ3) is 2.05. The fourth-order valence-corrected chi connectivity index (χ4v) is 6.35. The van der Waals surface area contributed by atoms with Crippen molar-refractivity contribution in [2.24, 2.45) is 17.8 Å². The highest BCUT2D eigenvalue weighted by molar-refractivity contribution is 14.1. The Balaban J connectivity index is 1.67. The number of carbonyl (C=O) groups is 1. The number of hydrogen-bond donors (Lipinski definition) is 0. The van der Waals surface area contributed by atoms with Crippen molar-refractivity contribution in [2.75, 3.05) is 6.54 Å². The van der Waals surface area contributed by atoms with Gasteiger partial charge in [0, 0.05) is 10.1 Å². The van der Waals surface area contributed by atoms with Crippen LogP contribution in [0.2, 0.25) is 0 Å². The van der Waals surface area contributed by atoms with Gasteiger partial charge in [0.25, 0.3) is 15.9 Å². The quantitative estimate of drug-likeness (QED) is 0.696. The molecule has 1 heterocycles. The average molecular weight is 417 g/mol. The van der Waals surface area contributed by atoms with Gasteiger partial charge in [0.1, 0.15) is 4.90 Å². The molecule has 3 unspecified atom stereocenters. The summed E-state index contributed by atoms with van der Waals surface area (Å²) in [4.78, 5) is 12.7. The number of fused-ring (bicyclic) bond motifs is 3. The Hall–Kier alpha value is -0.630. The first kappa shape index (κ1) is 14.0. The topological polar surface area (TPSA) is 54.5 Å². The van der Waals surface area contributed by atoms with Crippen LogP contribution in [0.15, 0.2) is 23.1 Å². The first-order valence-corrected chi connectivity index (χ1v) is 9.85. The van der Waals surface area contributed by atoms with Gasteiger partial charge < -0.3 is 0 Å². The number of sulfonamides is 1. The Labute approximate surface area is 138 Å². The van der Waals surface area contributed by atoms with Crippen LogP contribution in [0.5, 0.6) is 0 Å². The molecule has 2 aliphatic carbocycles. The molecule has 1 aromatic rings. The molecule has 1 aromatic carbocycles. The summed E-state index contributed by atoms with van der Waals surface area (Å²) in [5.74, 6) is 1.38. The van der Waals surface area contributed by atoms with Crippen LogP contribution in [0.25, 0.3) is 0 Å². The summed E-state index contributed by atoms with van der Waals surface area (Å²) in [6, 6.07) is 4.98. The van der Waals surface area contributed by atoms with Gasteiger partial charge in [0.15, 0.2) is 0 Å². The van der Waals surface area contributed by atoms with E-state index in [-0.39, 0.29) is 10.8 Å². The predicted octanol–water partition coefficient (Wildman–Crippen LogP) is 2.87. The summed E-state index contributed by atoms with van der Waals surface area (Å²) in [5, 5.41) is 0. The molecule has 2 saturated carbocycles. The van der Waals surface area contributed by atoms with Crippen molar-refractivity contribution in [3.05, 3.63) is 27.3 Å². The fourth-order valence-electron chi connectivity index (χ4n) is 4.25. The van der Waals surface area contributed by atoms with Crippen LogP contribution in [0.3, 0.4) is 0 Å². The Kier molecular flexibility index (Phi) is 3.12. The Morgan fingerprint density at radius 1 is 1.24 bits per heavy atom. The molecule has 6 heteroatoms. The van der Waals surface area contributed by atoms with Gasteiger partial charge in [0.05, 0.1) is 5.56 Å². The minimum atomic E-state index is -3.64. The molecule has 2 fully saturated rings. The minimum absolute atomic E-state index is 0.177. The van der Waals surface area contributed by atoms with Crippen LogP contribution in [-0.2, 0) is 10.0 Å². The van der Waals surface area contributed by atoms with Gasteiger partial charge in [0.2, 0.25) is 0 Å². The van der Waals surface area contributed by atoms with Crippen molar-refractivity contribution < 1.29 is 13.2 Å². The number of carbonyl (C=O) groups excluding carboxylic acids is 1. The van der Waals surface area contributed by atoms with E-state index in [1.165, 1.54) is 19.3 Å². The van der Waals surface area contributed by atoms with Gasteiger partial charge in [-0.1, -0.05) is 6.42 Å². The van der Waals surface area contributed by atoms with E-state index in [9.17, 15) is 13.2 Å². The second-order valence-corrected chi connectivity index (χ2v) is 9.49. The summed E-state index contributed by atoms with van der Waals surface area (Å²) < 4.78 is 27.2. The van der Waals surface area contributed by atoms with E-state index in [1.807, 2.05) is 0 Å². The molecule has 112 valence electrons. The van der Waals surface area contributed by atoms with E-state index in [2.05, 4.69) is 22.6 Å². The summed E-state index contributed by atoms with van der Waals surface area (Å²) in [6.45, 7) is 0.369. The van der Waals surface area contributed by atoms with Crippen molar-refractivity contribution in [1.82, 2.24) is 4.31 Å². The third-order valence-corrected chi connectivity index (χ3v) is 7.73. The molecule has 0 aromatic heterocycles. The van der Waals surface area contributed by atoms with Gasteiger partial charge in [-0.15, -0.1) is 0 Å². The van der Waals surface area contributed by atoms with Gasteiger partial charge in [-0.3, -0.25) is 4.79 Å². The molecule has 2 bridgehead atoms. The van der Waals surface area contributed by atoms with Crippen LogP contribution in [0, 0.1) is 21.3 Å². The molecule has 4 nitrogen and oxygen atoms in total. The molecule has 3 atom stereocenters. The second kappa shape index (κ2) is 4.68. The molecule has 0 spiro atoms. The highest BCUT2D eigenvalue weighted by Gasteiger charge is 2.46. The Bertz CT molecular complexity index is 730. The maximum absolute atomic E-state index is 12.6. The van der Waals surface area contributed by atoms with Crippen LogP contribution < -0.4 is 0 Å². The smallest absolute Gasteiger partial charge is 0.268 e. The Morgan fingerprint density at radius 2 is 2.05 bits per heavy atom. The van der Waals surface area contributed by atoms with E-state index in [1.54, 1.807) is 18.2 Å².